The standard InChI is InChI=1S/C12H22N2S/c1-8(2)6-10-12(9(3)4)15-11(14-10)7-13-5/h8-9,13H,6-7H2,1-5H3. The average Bonchev–Trinajstić information content (AvgIpc) is 2.47. The smallest absolute Gasteiger partial charge is 0.107 e. The third-order valence-electron chi connectivity index (χ3n) is 2.23. The summed E-state index contributed by atoms with van der Waals surface area (Å²) in [4.78, 5) is 6.18. The molecule has 0 unspecified atom stereocenters. The first-order valence-electron chi connectivity index (χ1n) is 5.67. The van der Waals surface area contributed by atoms with Crippen molar-refractivity contribution in [2.45, 2.75) is 46.6 Å². The molecule has 0 fully saturated rings. The van der Waals surface area contributed by atoms with E-state index < -0.39 is 0 Å². The summed E-state index contributed by atoms with van der Waals surface area (Å²) in [6, 6.07) is 0. The molecule has 0 aliphatic rings. The van der Waals surface area contributed by atoms with E-state index >= 15 is 0 Å². The predicted molar refractivity (Wildman–Crippen MR) is 67.5 cm³/mol. The molecular weight excluding hydrogens is 204 g/mol. The van der Waals surface area contributed by atoms with Gasteiger partial charge in [-0.15, -0.1) is 11.3 Å². The normalized spacial score (nSPS) is 11.7. The first kappa shape index (κ1) is 12.7. The number of nitrogens with one attached hydrogen (secondary N) is 1. The number of nitrogens with zero attached hydrogens (tertiary/aromatic N) is 1. The van der Waals surface area contributed by atoms with Gasteiger partial charge in [0.25, 0.3) is 0 Å². The molecule has 0 bridgehead atoms. The Morgan fingerprint density at radius 1 is 1.27 bits per heavy atom. The molecule has 0 saturated heterocycles. The first-order chi connectivity index (χ1) is 7.04. The van der Waals surface area contributed by atoms with Gasteiger partial charge in [0.15, 0.2) is 0 Å². The monoisotopic (exact) mass is 226 g/mol. The van der Waals surface area contributed by atoms with Crippen molar-refractivity contribution in [3.63, 3.8) is 0 Å². The van der Waals surface area contributed by atoms with Gasteiger partial charge in [-0.1, -0.05) is 27.7 Å². The Kier molecular flexibility index (Phi) is 4.74. The highest BCUT2D eigenvalue weighted by Crippen LogP contribution is 2.28. The van der Waals surface area contributed by atoms with Gasteiger partial charge >= 0.3 is 0 Å². The number of aromatic nitrogens is 1. The number of rotatable bonds is 5. The molecule has 3 heteroatoms. The second-order valence-electron chi connectivity index (χ2n) is 4.70. The lowest BCUT2D eigenvalue weighted by molar-refractivity contribution is 0.627. The van der Waals surface area contributed by atoms with Crippen molar-refractivity contribution in [2.24, 2.45) is 5.92 Å². The molecule has 0 saturated carbocycles. The Labute approximate surface area is 97.1 Å². The quantitative estimate of drug-likeness (QED) is 0.834. The van der Waals surface area contributed by atoms with Crippen LogP contribution in [-0.4, -0.2) is 12.0 Å². The van der Waals surface area contributed by atoms with Crippen LogP contribution in [0.2, 0.25) is 0 Å². The van der Waals surface area contributed by atoms with Gasteiger partial charge < -0.3 is 5.32 Å². The van der Waals surface area contributed by atoms with E-state index in [1.807, 2.05) is 18.4 Å². The van der Waals surface area contributed by atoms with Crippen molar-refractivity contribution < 1.29 is 0 Å². The highest BCUT2D eigenvalue weighted by molar-refractivity contribution is 7.11. The van der Waals surface area contributed by atoms with Crippen LogP contribution in [0.3, 0.4) is 0 Å². The zero-order valence-corrected chi connectivity index (χ0v) is 11.2. The van der Waals surface area contributed by atoms with Crippen molar-refractivity contribution in [3.8, 4) is 0 Å². The molecule has 0 atom stereocenters. The molecule has 1 heterocycles. The molecule has 0 amide bonds. The van der Waals surface area contributed by atoms with Gasteiger partial charge in [0.2, 0.25) is 0 Å². The Morgan fingerprint density at radius 3 is 2.40 bits per heavy atom. The topological polar surface area (TPSA) is 24.9 Å². The van der Waals surface area contributed by atoms with Crippen LogP contribution in [0.4, 0.5) is 0 Å². The molecule has 15 heavy (non-hydrogen) atoms. The van der Waals surface area contributed by atoms with Crippen LogP contribution in [0.25, 0.3) is 0 Å². The number of hydrogen-bond acceptors (Lipinski definition) is 3. The molecule has 0 radical (unpaired) electrons. The van der Waals surface area contributed by atoms with Crippen LogP contribution in [0.1, 0.15) is 49.2 Å². The molecule has 0 aromatic carbocycles. The number of hydrogen-bond donors (Lipinski definition) is 1. The molecule has 0 spiro atoms. The lowest BCUT2D eigenvalue weighted by atomic mass is 10.0. The molecule has 86 valence electrons. The zero-order valence-electron chi connectivity index (χ0n) is 10.4. The summed E-state index contributed by atoms with van der Waals surface area (Å²) in [5.74, 6) is 1.29. The van der Waals surface area contributed by atoms with Crippen LogP contribution in [-0.2, 0) is 13.0 Å². The van der Waals surface area contributed by atoms with Crippen LogP contribution < -0.4 is 5.32 Å². The highest BCUT2D eigenvalue weighted by Gasteiger charge is 2.14. The van der Waals surface area contributed by atoms with Crippen LogP contribution >= 0.6 is 11.3 Å². The Hall–Kier alpha value is -0.410. The average molecular weight is 226 g/mol. The fraction of sp³-hybridized carbons (Fsp3) is 0.750. The van der Waals surface area contributed by atoms with E-state index in [2.05, 4.69) is 33.0 Å². The summed E-state index contributed by atoms with van der Waals surface area (Å²) >= 11 is 1.86. The van der Waals surface area contributed by atoms with E-state index in [0.717, 1.165) is 13.0 Å². The van der Waals surface area contributed by atoms with Gasteiger partial charge in [0, 0.05) is 11.4 Å². The summed E-state index contributed by atoms with van der Waals surface area (Å²) in [6.07, 6.45) is 1.10. The maximum atomic E-state index is 4.72. The van der Waals surface area contributed by atoms with Gasteiger partial charge in [-0.3, -0.25) is 0 Å². The molecular formula is C12H22N2S. The third kappa shape index (κ3) is 3.58. The second-order valence-corrected chi connectivity index (χ2v) is 5.82. The Bertz CT molecular complexity index is 303. The maximum Gasteiger partial charge on any atom is 0.107 e. The van der Waals surface area contributed by atoms with Gasteiger partial charge in [-0.25, -0.2) is 4.98 Å². The van der Waals surface area contributed by atoms with E-state index in [1.165, 1.54) is 15.6 Å². The van der Waals surface area contributed by atoms with Crippen molar-refractivity contribution in [1.82, 2.24) is 10.3 Å². The van der Waals surface area contributed by atoms with Gasteiger partial charge in [0.1, 0.15) is 5.01 Å². The summed E-state index contributed by atoms with van der Waals surface area (Å²) in [7, 11) is 1.97. The highest BCUT2D eigenvalue weighted by atomic mass is 32.1. The maximum absolute atomic E-state index is 4.72. The van der Waals surface area contributed by atoms with Gasteiger partial charge in [0.05, 0.1) is 5.69 Å². The van der Waals surface area contributed by atoms with E-state index in [1.54, 1.807) is 0 Å². The Balaban J connectivity index is 2.90. The van der Waals surface area contributed by atoms with Crippen LogP contribution in [0, 0.1) is 5.92 Å². The molecule has 0 aliphatic carbocycles. The molecule has 2 nitrogen and oxygen atoms in total. The fourth-order valence-electron chi connectivity index (χ4n) is 1.63. The van der Waals surface area contributed by atoms with E-state index in [9.17, 15) is 0 Å². The number of thiazole rings is 1. The van der Waals surface area contributed by atoms with Gasteiger partial charge in [-0.2, -0.15) is 0 Å². The summed E-state index contributed by atoms with van der Waals surface area (Å²) in [5.41, 5.74) is 1.32. The van der Waals surface area contributed by atoms with Crippen LogP contribution in [0.15, 0.2) is 0 Å². The van der Waals surface area contributed by atoms with Crippen molar-refractivity contribution in [2.75, 3.05) is 7.05 Å². The lowest BCUT2D eigenvalue weighted by Gasteiger charge is -2.06. The fourth-order valence-corrected chi connectivity index (χ4v) is 2.73. The molecule has 1 aromatic heterocycles. The van der Waals surface area contributed by atoms with E-state index in [0.29, 0.717) is 11.8 Å². The largest absolute Gasteiger partial charge is 0.314 e. The van der Waals surface area contributed by atoms with E-state index in [-0.39, 0.29) is 0 Å². The molecule has 1 N–H and O–H groups in total. The lowest BCUT2D eigenvalue weighted by Crippen LogP contribution is -2.05. The predicted octanol–water partition coefficient (Wildman–Crippen LogP) is 3.18. The second kappa shape index (κ2) is 5.61. The minimum atomic E-state index is 0.599. The van der Waals surface area contributed by atoms with Crippen molar-refractivity contribution in [1.29, 1.82) is 0 Å². The third-order valence-corrected chi connectivity index (χ3v) is 3.62. The zero-order chi connectivity index (χ0) is 11.4. The molecule has 0 aliphatic heterocycles. The SMILES string of the molecule is CNCc1nc(CC(C)C)c(C(C)C)s1. The van der Waals surface area contributed by atoms with E-state index in [4.69, 9.17) is 4.98 Å². The summed E-state index contributed by atoms with van der Waals surface area (Å²) in [6.45, 7) is 9.89. The van der Waals surface area contributed by atoms with Crippen molar-refractivity contribution >= 4 is 11.3 Å². The summed E-state index contributed by atoms with van der Waals surface area (Å²) in [5, 5.41) is 4.38. The molecule has 1 rings (SSSR count). The summed E-state index contributed by atoms with van der Waals surface area (Å²) < 4.78 is 0. The first-order valence-corrected chi connectivity index (χ1v) is 6.49. The minimum absolute atomic E-state index is 0.599. The van der Waals surface area contributed by atoms with Gasteiger partial charge in [-0.05, 0) is 25.3 Å². The van der Waals surface area contributed by atoms with Crippen LogP contribution in [0.5, 0.6) is 0 Å². The molecule has 1 aromatic rings. The Morgan fingerprint density at radius 2 is 1.93 bits per heavy atom. The minimum Gasteiger partial charge on any atom is -0.314 e. The van der Waals surface area contributed by atoms with Crippen molar-refractivity contribution in [3.05, 3.63) is 15.6 Å².